The molecule has 0 atom stereocenters. The molecule has 1 aromatic carbocycles. The average molecular weight is 349 g/mol. The van der Waals surface area contributed by atoms with Crippen LogP contribution in [0.1, 0.15) is 10.4 Å². The maximum atomic E-state index is 3.45. The van der Waals surface area contributed by atoms with Gasteiger partial charge in [0, 0.05) is 10.9 Å². The van der Waals surface area contributed by atoms with Gasteiger partial charge >= 0.3 is 0 Å². The number of aromatic nitrogens is 1. The van der Waals surface area contributed by atoms with Crippen molar-refractivity contribution in [2.24, 2.45) is 0 Å². The van der Waals surface area contributed by atoms with Crippen molar-refractivity contribution in [3.63, 3.8) is 0 Å². The number of nitrogens with zero attached hydrogens (tertiary/aromatic N) is 1. The molecule has 0 spiro atoms. The third-order valence-electron chi connectivity index (χ3n) is 1.99. The largest absolute Gasteiger partial charge is 1.00 e. The van der Waals surface area contributed by atoms with E-state index in [0.717, 1.165) is 11.9 Å². The molecule has 2 aromatic rings. The van der Waals surface area contributed by atoms with Crippen molar-refractivity contribution in [2.45, 2.75) is 11.9 Å². The average Bonchev–Trinajstić information content (AvgIpc) is 2.67. The van der Waals surface area contributed by atoms with Crippen molar-refractivity contribution >= 4 is 27.3 Å². The first-order chi connectivity index (χ1) is 6.88. The van der Waals surface area contributed by atoms with Gasteiger partial charge in [0.15, 0.2) is 12.7 Å². The Hall–Kier alpha value is -0.190. The number of rotatable bonds is 3. The van der Waals surface area contributed by atoms with Crippen molar-refractivity contribution in [1.82, 2.24) is 0 Å². The molecule has 0 fully saturated rings. The maximum absolute atomic E-state index is 3.45. The molecule has 4 heteroatoms. The Morgan fingerprint density at radius 3 is 2.53 bits per heavy atom. The molecular formula is C11H11Br2NS. The number of alkyl halides is 1. The zero-order valence-electron chi connectivity index (χ0n) is 8.07. The van der Waals surface area contributed by atoms with Crippen LogP contribution in [0.2, 0.25) is 0 Å². The van der Waals surface area contributed by atoms with E-state index in [4.69, 9.17) is 0 Å². The number of hydrogen-bond acceptors (Lipinski definition) is 1. The summed E-state index contributed by atoms with van der Waals surface area (Å²) in [5, 5.41) is 0.944. The highest BCUT2D eigenvalue weighted by atomic mass is 79.9. The van der Waals surface area contributed by atoms with Crippen molar-refractivity contribution in [3.05, 3.63) is 52.5 Å². The van der Waals surface area contributed by atoms with Gasteiger partial charge in [0.2, 0.25) is 5.51 Å². The number of benzene rings is 1. The normalized spacial score (nSPS) is 9.67. The lowest BCUT2D eigenvalue weighted by atomic mass is 10.2. The second-order valence-corrected chi connectivity index (χ2v) is 4.64. The van der Waals surface area contributed by atoms with Gasteiger partial charge in [-0.2, -0.15) is 4.57 Å². The topological polar surface area (TPSA) is 3.88 Å². The first-order valence-electron chi connectivity index (χ1n) is 4.45. The first-order valence-corrected chi connectivity index (χ1v) is 6.45. The van der Waals surface area contributed by atoms with Crippen LogP contribution in [-0.4, -0.2) is 0 Å². The molecule has 0 aliphatic rings. The van der Waals surface area contributed by atoms with E-state index in [1.165, 1.54) is 10.4 Å². The highest BCUT2D eigenvalue weighted by Gasteiger charge is 2.05. The fraction of sp³-hybridized carbons (Fsp3) is 0.182. The molecular weight excluding hydrogens is 338 g/mol. The molecule has 0 N–H and O–H groups in total. The highest BCUT2D eigenvalue weighted by Crippen LogP contribution is 2.09. The summed E-state index contributed by atoms with van der Waals surface area (Å²) in [6.07, 6.45) is 2.19. The molecule has 0 radical (unpaired) electrons. The second kappa shape index (κ2) is 6.40. The molecule has 0 aliphatic heterocycles. The first kappa shape index (κ1) is 12.9. The van der Waals surface area contributed by atoms with Crippen LogP contribution in [0.3, 0.4) is 0 Å². The maximum Gasteiger partial charge on any atom is 0.225 e. The van der Waals surface area contributed by atoms with E-state index in [1.54, 1.807) is 11.3 Å². The summed E-state index contributed by atoms with van der Waals surface area (Å²) in [6.45, 7) is 0.963. The summed E-state index contributed by atoms with van der Waals surface area (Å²) in [5.41, 5.74) is 3.50. The van der Waals surface area contributed by atoms with Gasteiger partial charge in [0.25, 0.3) is 0 Å². The van der Waals surface area contributed by atoms with E-state index >= 15 is 0 Å². The zero-order chi connectivity index (χ0) is 9.80. The van der Waals surface area contributed by atoms with Crippen LogP contribution >= 0.6 is 27.3 Å². The summed E-state index contributed by atoms with van der Waals surface area (Å²) in [7, 11) is 0. The lowest BCUT2D eigenvalue weighted by molar-refractivity contribution is -0.683. The predicted octanol–water partition coefficient (Wildman–Crippen LogP) is -0.0172. The molecule has 0 amide bonds. The van der Waals surface area contributed by atoms with Gasteiger partial charge < -0.3 is 17.0 Å². The number of hydrogen-bond donors (Lipinski definition) is 0. The third kappa shape index (κ3) is 3.70. The van der Waals surface area contributed by atoms with Crippen molar-refractivity contribution in [1.29, 1.82) is 0 Å². The number of thiazole rings is 1. The Kier molecular flexibility index (Phi) is 5.50. The summed E-state index contributed by atoms with van der Waals surface area (Å²) < 4.78 is 2.22. The summed E-state index contributed by atoms with van der Waals surface area (Å²) in [4.78, 5) is 1.36. The summed E-state index contributed by atoms with van der Waals surface area (Å²) >= 11 is 5.24. The lowest BCUT2D eigenvalue weighted by Crippen LogP contribution is -3.00. The smallest absolute Gasteiger partial charge is 0.225 e. The van der Waals surface area contributed by atoms with Crippen LogP contribution in [0.4, 0.5) is 0 Å². The monoisotopic (exact) mass is 347 g/mol. The fourth-order valence-electron chi connectivity index (χ4n) is 1.32. The van der Waals surface area contributed by atoms with Crippen LogP contribution in [0.15, 0.2) is 42.0 Å². The zero-order valence-corrected chi connectivity index (χ0v) is 12.1. The number of halogens is 2. The Bertz CT molecular complexity index is 400. The Labute approximate surface area is 113 Å². The van der Waals surface area contributed by atoms with Gasteiger partial charge in [-0.1, -0.05) is 57.6 Å². The van der Waals surface area contributed by atoms with Gasteiger partial charge in [-0.05, 0) is 0 Å². The standard InChI is InChI=1S/C11H11BrNS.BrH/c12-6-11-8-13(9-14-11)7-10-4-2-1-3-5-10;/h1-5,8-9H,6-7H2;1H/q+1;/p-1. The van der Waals surface area contributed by atoms with Crippen molar-refractivity contribution < 1.29 is 21.5 Å². The Balaban J connectivity index is 0.00000112. The van der Waals surface area contributed by atoms with E-state index in [9.17, 15) is 0 Å². The minimum Gasteiger partial charge on any atom is -1.00 e. The molecule has 1 aromatic heterocycles. The van der Waals surface area contributed by atoms with Gasteiger partial charge in [-0.3, -0.25) is 0 Å². The SMILES string of the molecule is BrCc1c[n+](Cc2ccccc2)cs1.[Br-]. The molecule has 15 heavy (non-hydrogen) atoms. The van der Waals surface area contributed by atoms with E-state index < -0.39 is 0 Å². The Morgan fingerprint density at radius 2 is 1.93 bits per heavy atom. The molecule has 0 unspecified atom stereocenters. The van der Waals surface area contributed by atoms with E-state index in [2.05, 4.69) is 56.5 Å². The predicted molar refractivity (Wildman–Crippen MR) is 62.7 cm³/mol. The van der Waals surface area contributed by atoms with Crippen LogP contribution < -0.4 is 21.5 Å². The molecule has 0 saturated carbocycles. The minimum absolute atomic E-state index is 0. The van der Waals surface area contributed by atoms with Crippen LogP contribution in [0.25, 0.3) is 0 Å². The van der Waals surface area contributed by atoms with Gasteiger partial charge in [0.1, 0.15) is 0 Å². The van der Waals surface area contributed by atoms with E-state index in [1.807, 2.05) is 6.07 Å². The third-order valence-corrected chi connectivity index (χ3v) is 3.89. The molecule has 1 heterocycles. The fourth-order valence-corrected chi connectivity index (χ4v) is 2.53. The molecule has 0 saturated heterocycles. The van der Waals surface area contributed by atoms with Gasteiger partial charge in [-0.25, -0.2) is 0 Å². The molecule has 0 bridgehead atoms. The van der Waals surface area contributed by atoms with Crippen LogP contribution in [0.5, 0.6) is 0 Å². The van der Waals surface area contributed by atoms with E-state index in [-0.39, 0.29) is 17.0 Å². The molecule has 80 valence electrons. The molecule has 0 aliphatic carbocycles. The van der Waals surface area contributed by atoms with Crippen LogP contribution in [0, 0.1) is 0 Å². The quantitative estimate of drug-likeness (QED) is 0.542. The minimum atomic E-state index is 0. The van der Waals surface area contributed by atoms with Crippen LogP contribution in [-0.2, 0) is 11.9 Å². The van der Waals surface area contributed by atoms with Crippen molar-refractivity contribution in [2.75, 3.05) is 0 Å². The second-order valence-electron chi connectivity index (χ2n) is 3.11. The Morgan fingerprint density at radius 1 is 1.20 bits per heavy atom. The lowest BCUT2D eigenvalue weighted by Gasteiger charge is -1.92. The summed E-state index contributed by atoms with van der Waals surface area (Å²) in [6, 6.07) is 10.5. The molecule has 1 nitrogen and oxygen atoms in total. The van der Waals surface area contributed by atoms with Crippen molar-refractivity contribution in [3.8, 4) is 0 Å². The molecule has 2 rings (SSSR count). The van der Waals surface area contributed by atoms with Gasteiger partial charge in [0.05, 0.1) is 4.88 Å². The highest BCUT2D eigenvalue weighted by molar-refractivity contribution is 9.08. The van der Waals surface area contributed by atoms with E-state index in [0.29, 0.717) is 0 Å². The van der Waals surface area contributed by atoms with Gasteiger partial charge in [-0.15, -0.1) is 0 Å². The summed E-state index contributed by atoms with van der Waals surface area (Å²) in [5.74, 6) is 0.